The Labute approximate surface area is 121 Å². The molecular weight excluding hydrogens is 252 g/mol. The zero-order valence-corrected chi connectivity index (χ0v) is 12.3. The van der Waals surface area contributed by atoms with Gasteiger partial charge >= 0.3 is 0 Å². The van der Waals surface area contributed by atoms with Crippen LogP contribution in [0.5, 0.6) is 0 Å². The van der Waals surface area contributed by atoms with Crippen LogP contribution in [0.25, 0.3) is 0 Å². The minimum absolute atomic E-state index is 0.269. The monoisotopic (exact) mass is 278 g/mol. The van der Waals surface area contributed by atoms with E-state index in [1.807, 2.05) is 0 Å². The van der Waals surface area contributed by atoms with Crippen molar-refractivity contribution in [2.24, 2.45) is 5.92 Å². The molecule has 1 saturated heterocycles. The van der Waals surface area contributed by atoms with Crippen LogP contribution in [0, 0.1) is 17.2 Å². The zero-order valence-electron chi connectivity index (χ0n) is 12.3. The summed E-state index contributed by atoms with van der Waals surface area (Å²) in [5.74, 6) is 0.456. The quantitative estimate of drug-likeness (QED) is 0.727. The maximum atomic E-state index is 9.62. The lowest BCUT2D eigenvalue weighted by molar-refractivity contribution is 0.0116. The molecule has 4 nitrogen and oxygen atoms in total. The predicted molar refractivity (Wildman–Crippen MR) is 76.3 cm³/mol. The highest BCUT2D eigenvalue weighted by Crippen LogP contribution is 2.40. The van der Waals surface area contributed by atoms with E-state index in [1.165, 1.54) is 25.7 Å². The Morgan fingerprint density at radius 2 is 2.15 bits per heavy atom. The second-order valence-electron chi connectivity index (χ2n) is 6.59. The van der Waals surface area contributed by atoms with Gasteiger partial charge in [-0.15, -0.1) is 0 Å². The summed E-state index contributed by atoms with van der Waals surface area (Å²) in [5, 5.41) is 13.2. The van der Waals surface area contributed by atoms with Crippen molar-refractivity contribution in [2.45, 2.75) is 69.1 Å². The molecule has 0 bridgehead atoms. The molecule has 112 valence electrons. The number of hydrogen-bond donors (Lipinski definition) is 1. The van der Waals surface area contributed by atoms with E-state index in [0.717, 1.165) is 45.5 Å². The van der Waals surface area contributed by atoms with E-state index in [1.54, 1.807) is 0 Å². The summed E-state index contributed by atoms with van der Waals surface area (Å²) in [6.45, 7) is 2.38. The van der Waals surface area contributed by atoms with E-state index >= 15 is 0 Å². The van der Waals surface area contributed by atoms with E-state index in [9.17, 15) is 5.26 Å². The summed E-state index contributed by atoms with van der Waals surface area (Å²) < 4.78 is 11.3. The molecule has 0 aromatic rings. The zero-order chi connectivity index (χ0) is 13.8. The van der Waals surface area contributed by atoms with E-state index < -0.39 is 0 Å². The SMILES string of the molecule is N#CC1(NC2CC2)CCCC1CCOCC1CCCO1. The predicted octanol–water partition coefficient (Wildman–Crippen LogP) is 2.39. The van der Waals surface area contributed by atoms with Gasteiger partial charge in [-0.1, -0.05) is 6.42 Å². The second kappa shape index (κ2) is 6.43. The summed E-state index contributed by atoms with van der Waals surface area (Å²) >= 11 is 0. The normalized spacial score (nSPS) is 37.1. The van der Waals surface area contributed by atoms with Crippen LogP contribution >= 0.6 is 0 Å². The third-order valence-corrected chi connectivity index (χ3v) is 5.00. The molecule has 3 fully saturated rings. The smallest absolute Gasteiger partial charge is 0.109 e. The van der Waals surface area contributed by atoms with Gasteiger partial charge in [-0.3, -0.25) is 5.32 Å². The average molecular weight is 278 g/mol. The molecule has 0 radical (unpaired) electrons. The largest absolute Gasteiger partial charge is 0.379 e. The highest BCUT2D eigenvalue weighted by Gasteiger charge is 2.45. The number of nitrogens with one attached hydrogen (secondary N) is 1. The van der Waals surface area contributed by atoms with Gasteiger partial charge in [0, 0.05) is 19.3 Å². The topological polar surface area (TPSA) is 54.3 Å². The molecule has 3 unspecified atom stereocenters. The Bertz CT molecular complexity index is 358. The van der Waals surface area contributed by atoms with Gasteiger partial charge in [-0.05, 0) is 50.9 Å². The number of ether oxygens (including phenoxy) is 2. The van der Waals surface area contributed by atoms with Crippen molar-refractivity contribution in [1.82, 2.24) is 5.32 Å². The molecule has 0 aromatic heterocycles. The van der Waals surface area contributed by atoms with Crippen molar-refractivity contribution in [3.63, 3.8) is 0 Å². The molecular formula is C16H26N2O2. The van der Waals surface area contributed by atoms with Crippen LogP contribution in [0.2, 0.25) is 0 Å². The highest BCUT2D eigenvalue weighted by atomic mass is 16.5. The molecule has 20 heavy (non-hydrogen) atoms. The van der Waals surface area contributed by atoms with Crippen molar-refractivity contribution in [3.05, 3.63) is 0 Å². The molecule has 1 N–H and O–H groups in total. The minimum Gasteiger partial charge on any atom is -0.379 e. The van der Waals surface area contributed by atoms with Gasteiger partial charge in [0.15, 0.2) is 0 Å². The van der Waals surface area contributed by atoms with Gasteiger partial charge in [0.05, 0.1) is 18.8 Å². The van der Waals surface area contributed by atoms with Crippen molar-refractivity contribution >= 4 is 0 Å². The van der Waals surface area contributed by atoms with Crippen LogP contribution in [0.1, 0.15) is 51.4 Å². The first kappa shape index (κ1) is 14.3. The fraction of sp³-hybridized carbons (Fsp3) is 0.938. The fourth-order valence-corrected chi connectivity index (χ4v) is 3.65. The summed E-state index contributed by atoms with van der Waals surface area (Å²) in [6.07, 6.45) is 9.44. The lowest BCUT2D eigenvalue weighted by Gasteiger charge is -2.30. The van der Waals surface area contributed by atoms with Crippen LogP contribution in [-0.4, -0.2) is 37.5 Å². The van der Waals surface area contributed by atoms with Crippen LogP contribution in [-0.2, 0) is 9.47 Å². The molecule has 2 aliphatic carbocycles. The Balaban J connectivity index is 1.42. The van der Waals surface area contributed by atoms with Crippen LogP contribution in [0.4, 0.5) is 0 Å². The van der Waals surface area contributed by atoms with Gasteiger partial charge < -0.3 is 9.47 Å². The first-order chi connectivity index (χ1) is 9.82. The third-order valence-electron chi connectivity index (χ3n) is 5.00. The van der Waals surface area contributed by atoms with Crippen molar-refractivity contribution < 1.29 is 9.47 Å². The maximum absolute atomic E-state index is 9.62. The summed E-state index contributed by atoms with van der Waals surface area (Å²) in [7, 11) is 0. The number of hydrogen-bond acceptors (Lipinski definition) is 4. The standard InChI is InChI=1S/C16H26N2O2/c17-12-16(18-14-5-6-14)8-1-3-13(16)7-10-19-11-15-4-2-9-20-15/h13-15,18H,1-11H2. The first-order valence-corrected chi connectivity index (χ1v) is 8.21. The van der Waals surface area contributed by atoms with Crippen LogP contribution in [0.15, 0.2) is 0 Å². The van der Waals surface area contributed by atoms with Crippen molar-refractivity contribution in [1.29, 1.82) is 5.26 Å². The van der Waals surface area contributed by atoms with Crippen molar-refractivity contribution in [2.75, 3.05) is 19.8 Å². The molecule has 1 heterocycles. The van der Waals surface area contributed by atoms with Gasteiger partial charge in [0.2, 0.25) is 0 Å². The summed E-state index contributed by atoms with van der Waals surface area (Å²) in [4.78, 5) is 0. The molecule has 3 atom stereocenters. The molecule has 1 aliphatic heterocycles. The molecule has 0 spiro atoms. The van der Waals surface area contributed by atoms with Gasteiger partial charge in [-0.2, -0.15) is 5.26 Å². The van der Waals surface area contributed by atoms with E-state index in [2.05, 4.69) is 11.4 Å². The van der Waals surface area contributed by atoms with Crippen molar-refractivity contribution in [3.8, 4) is 6.07 Å². The second-order valence-corrected chi connectivity index (χ2v) is 6.59. The van der Waals surface area contributed by atoms with Gasteiger partial charge in [-0.25, -0.2) is 0 Å². The summed E-state index contributed by atoms with van der Waals surface area (Å²) in [6, 6.07) is 3.19. The lowest BCUT2D eigenvalue weighted by atomic mass is 9.86. The Morgan fingerprint density at radius 1 is 1.25 bits per heavy atom. The van der Waals surface area contributed by atoms with E-state index in [4.69, 9.17) is 9.47 Å². The Morgan fingerprint density at radius 3 is 2.85 bits per heavy atom. The Hall–Kier alpha value is -0.630. The van der Waals surface area contributed by atoms with Crippen LogP contribution in [0.3, 0.4) is 0 Å². The van der Waals surface area contributed by atoms with Gasteiger partial charge in [0.25, 0.3) is 0 Å². The molecule has 4 heteroatoms. The average Bonchev–Trinajstić information content (AvgIpc) is 2.97. The van der Waals surface area contributed by atoms with E-state index in [-0.39, 0.29) is 5.54 Å². The van der Waals surface area contributed by atoms with Gasteiger partial charge in [0.1, 0.15) is 5.54 Å². The first-order valence-electron chi connectivity index (χ1n) is 8.21. The molecule has 0 amide bonds. The lowest BCUT2D eigenvalue weighted by Crippen LogP contribution is -2.48. The summed E-state index contributed by atoms with van der Waals surface area (Å²) in [5.41, 5.74) is -0.269. The maximum Gasteiger partial charge on any atom is 0.109 e. The van der Waals surface area contributed by atoms with Crippen LogP contribution < -0.4 is 5.32 Å². The molecule has 0 aromatic carbocycles. The van der Waals surface area contributed by atoms with E-state index in [0.29, 0.717) is 18.1 Å². The number of nitrogens with zero attached hydrogens (tertiary/aromatic N) is 1. The minimum atomic E-state index is -0.269. The fourth-order valence-electron chi connectivity index (χ4n) is 3.65. The number of nitriles is 1. The molecule has 3 aliphatic rings. The third kappa shape index (κ3) is 3.33. The number of rotatable bonds is 7. The molecule has 2 saturated carbocycles. The highest BCUT2D eigenvalue weighted by molar-refractivity contribution is 5.16. The molecule has 3 rings (SSSR count). The Kier molecular flexibility index (Phi) is 4.60.